The van der Waals surface area contributed by atoms with Crippen molar-refractivity contribution in [3.63, 3.8) is 0 Å². The molecule has 1 aliphatic rings. The minimum absolute atomic E-state index is 0.0261. The lowest BCUT2D eigenvalue weighted by Crippen LogP contribution is -2.19. The number of aliphatic carboxylic acids is 1. The Morgan fingerprint density at radius 2 is 1.93 bits per heavy atom. The van der Waals surface area contributed by atoms with Gasteiger partial charge in [-0.05, 0) is 35.8 Å². The van der Waals surface area contributed by atoms with Gasteiger partial charge in [-0.25, -0.2) is 6.57 Å². The Balaban J connectivity index is 2.09. The maximum Gasteiger partial charge on any atom is 0.303 e. The molecule has 27 heavy (non-hydrogen) atoms. The fourth-order valence-corrected chi connectivity index (χ4v) is 3.96. The number of carbonyl (C=O) groups is 1. The Labute approximate surface area is 162 Å². The highest BCUT2D eigenvalue weighted by Crippen LogP contribution is 2.44. The highest BCUT2D eigenvalue weighted by molar-refractivity contribution is 5.66. The maximum absolute atomic E-state index is 10.6. The van der Waals surface area contributed by atoms with Crippen molar-refractivity contribution in [2.75, 3.05) is 0 Å². The van der Waals surface area contributed by atoms with E-state index >= 15 is 0 Å². The third-order valence-corrected chi connectivity index (χ3v) is 5.52. The number of carboxylic acid groups (broad SMARTS) is 1. The third kappa shape index (κ3) is 5.68. The Bertz CT molecular complexity index is 694. The molecule has 0 heterocycles. The number of allylic oxidation sites excluding steroid dienone is 2. The fourth-order valence-electron chi connectivity index (χ4n) is 3.96. The minimum Gasteiger partial charge on any atom is -0.481 e. The number of hydrogen-bond acceptors (Lipinski definition) is 2. The zero-order valence-electron chi connectivity index (χ0n) is 16.6. The zero-order chi connectivity index (χ0) is 20.0. The van der Waals surface area contributed by atoms with Crippen LogP contribution < -0.4 is 0 Å². The van der Waals surface area contributed by atoms with Crippen LogP contribution in [0.5, 0.6) is 0 Å². The number of hydrogen-bond donors (Lipinski definition) is 2. The molecule has 2 rings (SSSR count). The van der Waals surface area contributed by atoms with Crippen LogP contribution in [0.3, 0.4) is 0 Å². The number of benzene rings is 1. The molecule has 1 aromatic carbocycles. The summed E-state index contributed by atoms with van der Waals surface area (Å²) in [6, 6.07) is 8.29. The summed E-state index contributed by atoms with van der Waals surface area (Å²) in [6.07, 6.45) is 6.37. The smallest absolute Gasteiger partial charge is 0.303 e. The average Bonchev–Trinajstić information content (AvgIpc) is 2.92. The van der Waals surface area contributed by atoms with Crippen LogP contribution in [-0.2, 0) is 10.2 Å². The quantitative estimate of drug-likeness (QED) is 0.407. The van der Waals surface area contributed by atoms with Crippen molar-refractivity contribution >= 4 is 5.97 Å². The number of aliphatic hydroxyl groups is 1. The minimum atomic E-state index is -0.769. The summed E-state index contributed by atoms with van der Waals surface area (Å²) in [6.45, 7) is 14.0. The number of carboxylic acids is 1. The van der Waals surface area contributed by atoms with Gasteiger partial charge in [0.05, 0.1) is 6.10 Å². The van der Waals surface area contributed by atoms with Crippen molar-refractivity contribution in [1.82, 2.24) is 0 Å². The maximum atomic E-state index is 10.6. The van der Waals surface area contributed by atoms with E-state index in [2.05, 4.69) is 56.0 Å². The Hall–Kier alpha value is -2.12. The van der Waals surface area contributed by atoms with Gasteiger partial charge in [0.15, 0.2) is 0 Å². The highest BCUT2D eigenvalue weighted by Gasteiger charge is 2.46. The molecule has 0 aliphatic heterocycles. The Kier molecular flexibility index (Phi) is 7.21. The van der Waals surface area contributed by atoms with Gasteiger partial charge in [-0.2, -0.15) is 0 Å². The van der Waals surface area contributed by atoms with Crippen molar-refractivity contribution < 1.29 is 15.0 Å². The van der Waals surface area contributed by atoms with Gasteiger partial charge >= 0.3 is 5.97 Å². The standard InChI is InChI=1S/C23H31NO3/c1-23(2,3)17-13-11-16(12-14-17)22-18(19(24-4)15-20(22)25)9-7-5-6-8-10-21(26)27/h5,7,11-14,18-20,22,25H,6,8-10,15H2,1-3H3,(H,26,27)/t18?,19-,20-,22?/m1/s1. The van der Waals surface area contributed by atoms with Crippen molar-refractivity contribution in [2.45, 2.75) is 76.4 Å². The molecule has 2 N–H and O–H groups in total. The Morgan fingerprint density at radius 3 is 2.48 bits per heavy atom. The number of rotatable bonds is 7. The normalized spacial score (nSPS) is 25.6. The molecule has 0 saturated heterocycles. The molecular weight excluding hydrogens is 338 g/mol. The van der Waals surface area contributed by atoms with E-state index in [1.165, 1.54) is 5.56 Å². The van der Waals surface area contributed by atoms with Crippen molar-refractivity contribution in [3.05, 3.63) is 59.0 Å². The van der Waals surface area contributed by atoms with Crippen LogP contribution in [0.2, 0.25) is 0 Å². The van der Waals surface area contributed by atoms with E-state index in [0.29, 0.717) is 12.8 Å². The molecule has 146 valence electrons. The van der Waals surface area contributed by atoms with E-state index in [-0.39, 0.29) is 29.7 Å². The van der Waals surface area contributed by atoms with Crippen molar-refractivity contribution in [1.29, 1.82) is 0 Å². The summed E-state index contributed by atoms with van der Waals surface area (Å²) in [4.78, 5) is 14.3. The molecule has 4 heteroatoms. The average molecular weight is 370 g/mol. The number of nitrogens with zero attached hydrogens (tertiary/aromatic N) is 1. The lowest BCUT2D eigenvalue weighted by molar-refractivity contribution is -0.137. The van der Waals surface area contributed by atoms with Gasteiger partial charge in [-0.3, -0.25) is 4.79 Å². The van der Waals surface area contributed by atoms with E-state index < -0.39 is 12.1 Å². The lowest BCUT2D eigenvalue weighted by Gasteiger charge is -2.23. The zero-order valence-corrected chi connectivity index (χ0v) is 16.6. The van der Waals surface area contributed by atoms with Gasteiger partial charge in [-0.1, -0.05) is 57.2 Å². The van der Waals surface area contributed by atoms with Crippen molar-refractivity contribution in [2.24, 2.45) is 5.92 Å². The third-order valence-electron chi connectivity index (χ3n) is 5.52. The SMILES string of the molecule is [C-]#[N+][C@@H]1C[C@@H](O)C(c2ccc(C(C)(C)C)cc2)C1CC=CCCCC(=O)O. The number of aliphatic hydroxyl groups excluding tert-OH is 1. The Morgan fingerprint density at radius 1 is 1.26 bits per heavy atom. The first-order valence-corrected chi connectivity index (χ1v) is 9.76. The first-order valence-electron chi connectivity index (χ1n) is 9.76. The van der Waals surface area contributed by atoms with Crippen LogP contribution in [0, 0.1) is 12.5 Å². The second-order valence-corrected chi connectivity index (χ2v) is 8.55. The summed E-state index contributed by atoms with van der Waals surface area (Å²) in [5.41, 5.74) is 2.45. The van der Waals surface area contributed by atoms with Crippen LogP contribution in [0.25, 0.3) is 4.85 Å². The van der Waals surface area contributed by atoms with Crippen molar-refractivity contribution in [3.8, 4) is 0 Å². The molecule has 0 spiro atoms. The van der Waals surface area contributed by atoms with Gasteiger partial charge in [0.25, 0.3) is 0 Å². The second kappa shape index (κ2) is 9.19. The molecule has 4 atom stereocenters. The van der Waals surface area contributed by atoms with Gasteiger partial charge in [-0.15, -0.1) is 0 Å². The first-order chi connectivity index (χ1) is 12.7. The van der Waals surface area contributed by atoms with E-state index in [1.807, 2.05) is 6.08 Å². The molecular formula is C23H31NO3. The summed E-state index contributed by atoms with van der Waals surface area (Å²) in [5, 5.41) is 19.3. The van der Waals surface area contributed by atoms with Gasteiger partial charge in [0, 0.05) is 24.7 Å². The molecule has 2 unspecified atom stereocenters. The number of unbranched alkanes of at least 4 members (excludes halogenated alkanes) is 1. The summed E-state index contributed by atoms with van der Waals surface area (Å²) in [7, 11) is 0. The first kappa shape index (κ1) is 21.2. The summed E-state index contributed by atoms with van der Waals surface area (Å²) in [5.74, 6) is -0.704. The fraction of sp³-hybridized carbons (Fsp3) is 0.565. The molecule has 1 aliphatic carbocycles. The topological polar surface area (TPSA) is 61.9 Å². The molecule has 0 amide bonds. The lowest BCUT2D eigenvalue weighted by atomic mass is 9.81. The van der Waals surface area contributed by atoms with E-state index in [4.69, 9.17) is 11.7 Å². The van der Waals surface area contributed by atoms with E-state index in [0.717, 1.165) is 18.4 Å². The monoisotopic (exact) mass is 369 g/mol. The van der Waals surface area contributed by atoms with E-state index in [9.17, 15) is 9.90 Å². The molecule has 0 bridgehead atoms. The predicted molar refractivity (Wildman–Crippen MR) is 108 cm³/mol. The highest BCUT2D eigenvalue weighted by atomic mass is 16.4. The van der Waals surface area contributed by atoms with Crippen LogP contribution in [0.1, 0.15) is 69.9 Å². The molecule has 1 aromatic rings. The van der Waals surface area contributed by atoms with Gasteiger partial charge in [0.1, 0.15) is 0 Å². The molecule has 0 radical (unpaired) electrons. The van der Waals surface area contributed by atoms with Crippen LogP contribution in [0.15, 0.2) is 36.4 Å². The van der Waals surface area contributed by atoms with E-state index in [1.54, 1.807) is 0 Å². The largest absolute Gasteiger partial charge is 0.481 e. The van der Waals surface area contributed by atoms with Crippen LogP contribution >= 0.6 is 0 Å². The molecule has 1 saturated carbocycles. The summed E-state index contributed by atoms with van der Waals surface area (Å²) >= 11 is 0. The molecule has 4 nitrogen and oxygen atoms in total. The predicted octanol–water partition coefficient (Wildman–Crippen LogP) is 4.94. The molecule has 1 fully saturated rings. The van der Waals surface area contributed by atoms with Crippen LogP contribution in [-0.4, -0.2) is 28.3 Å². The summed E-state index contributed by atoms with van der Waals surface area (Å²) < 4.78 is 0. The molecule has 0 aromatic heterocycles. The van der Waals surface area contributed by atoms with Gasteiger partial charge in [0.2, 0.25) is 6.04 Å². The second-order valence-electron chi connectivity index (χ2n) is 8.55. The van der Waals surface area contributed by atoms with Gasteiger partial charge < -0.3 is 15.1 Å². The van der Waals surface area contributed by atoms with Crippen LogP contribution in [0.4, 0.5) is 0 Å².